The van der Waals surface area contributed by atoms with Gasteiger partial charge in [-0.2, -0.15) is 0 Å². The quantitative estimate of drug-likeness (QED) is 0.779. The smallest absolute Gasteiger partial charge is 0.125 e. The summed E-state index contributed by atoms with van der Waals surface area (Å²) >= 11 is 6.07. The third kappa shape index (κ3) is 1.65. The van der Waals surface area contributed by atoms with E-state index in [1.165, 1.54) is 11.1 Å². The van der Waals surface area contributed by atoms with Crippen molar-refractivity contribution in [1.29, 1.82) is 0 Å². The SMILES string of the molecule is Cc1cccc2nc(CCl)n(C3(C)CCOC3)c12. The molecule has 18 heavy (non-hydrogen) atoms. The van der Waals surface area contributed by atoms with E-state index in [4.69, 9.17) is 16.3 Å². The van der Waals surface area contributed by atoms with E-state index >= 15 is 0 Å². The molecule has 0 amide bonds. The molecule has 3 nitrogen and oxygen atoms in total. The summed E-state index contributed by atoms with van der Waals surface area (Å²) in [5, 5.41) is 0. The van der Waals surface area contributed by atoms with E-state index in [1.54, 1.807) is 0 Å². The summed E-state index contributed by atoms with van der Waals surface area (Å²) < 4.78 is 7.87. The number of benzene rings is 1. The lowest BCUT2D eigenvalue weighted by molar-refractivity contribution is 0.162. The number of hydrogen-bond acceptors (Lipinski definition) is 2. The molecule has 0 aliphatic carbocycles. The highest BCUT2D eigenvalue weighted by atomic mass is 35.5. The minimum atomic E-state index is -0.0227. The van der Waals surface area contributed by atoms with Crippen LogP contribution in [0.25, 0.3) is 11.0 Å². The van der Waals surface area contributed by atoms with Crippen LogP contribution in [-0.4, -0.2) is 22.8 Å². The maximum atomic E-state index is 6.07. The number of imidazole rings is 1. The number of fused-ring (bicyclic) bond motifs is 1. The number of halogens is 1. The van der Waals surface area contributed by atoms with Crippen LogP contribution in [0.2, 0.25) is 0 Å². The Morgan fingerprint density at radius 1 is 1.50 bits per heavy atom. The third-order valence-electron chi connectivity index (χ3n) is 3.81. The van der Waals surface area contributed by atoms with Crippen molar-refractivity contribution < 1.29 is 4.74 Å². The van der Waals surface area contributed by atoms with E-state index in [2.05, 4.69) is 29.5 Å². The maximum absolute atomic E-state index is 6.07. The molecular formula is C14H17ClN2O. The minimum Gasteiger partial charge on any atom is -0.379 e. The standard InChI is InChI=1S/C14H17ClN2O/c1-10-4-3-5-11-13(10)17(12(8-15)16-11)14(2)6-7-18-9-14/h3-5H,6-9H2,1-2H3. The van der Waals surface area contributed by atoms with Crippen molar-refractivity contribution >= 4 is 22.6 Å². The molecule has 1 unspecified atom stereocenters. The Morgan fingerprint density at radius 3 is 3.00 bits per heavy atom. The van der Waals surface area contributed by atoms with Gasteiger partial charge >= 0.3 is 0 Å². The lowest BCUT2D eigenvalue weighted by Gasteiger charge is -2.27. The molecule has 1 saturated heterocycles. The number of ether oxygens (including phenoxy) is 1. The van der Waals surface area contributed by atoms with E-state index in [9.17, 15) is 0 Å². The summed E-state index contributed by atoms with van der Waals surface area (Å²) in [6.45, 7) is 5.89. The van der Waals surface area contributed by atoms with E-state index in [1.807, 2.05) is 12.1 Å². The van der Waals surface area contributed by atoms with Gasteiger partial charge in [-0.1, -0.05) is 12.1 Å². The zero-order valence-corrected chi connectivity index (χ0v) is 11.5. The fourth-order valence-corrected chi connectivity index (χ4v) is 3.03. The van der Waals surface area contributed by atoms with Gasteiger partial charge in [0.1, 0.15) is 5.82 Å². The highest BCUT2D eigenvalue weighted by Crippen LogP contribution is 2.34. The molecule has 1 fully saturated rings. The van der Waals surface area contributed by atoms with Gasteiger partial charge in [0.15, 0.2) is 0 Å². The van der Waals surface area contributed by atoms with Gasteiger partial charge in [0, 0.05) is 6.61 Å². The summed E-state index contributed by atoms with van der Waals surface area (Å²) in [4.78, 5) is 4.66. The number of para-hydroxylation sites is 1. The summed E-state index contributed by atoms with van der Waals surface area (Å²) in [6.07, 6.45) is 1.01. The van der Waals surface area contributed by atoms with Crippen LogP contribution in [0.5, 0.6) is 0 Å². The van der Waals surface area contributed by atoms with Crippen LogP contribution < -0.4 is 0 Å². The molecule has 1 aliphatic heterocycles. The highest BCUT2D eigenvalue weighted by Gasteiger charge is 2.35. The highest BCUT2D eigenvalue weighted by molar-refractivity contribution is 6.16. The summed E-state index contributed by atoms with van der Waals surface area (Å²) in [6, 6.07) is 6.21. The molecule has 2 aromatic rings. The molecular weight excluding hydrogens is 248 g/mol. The second kappa shape index (κ2) is 4.25. The Hall–Kier alpha value is -1.06. The van der Waals surface area contributed by atoms with Crippen LogP contribution in [0.3, 0.4) is 0 Å². The van der Waals surface area contributed by atoms with Crippen LogP contribution in [0.4, 0.5) is 0 Å². The second-order valence-electron chi connectivity index (χ2n) is 5.24. The van der Waals surface area contributed by atoms with Gasteiger partial charge in [-0.3, -0.25) is 0 Å². The number of aryl methyl sites for hydroxylation is 1. The largest absolute Gasteiger partial charge is 0.379 e. The fourth-order valence-electron chi connectivity index (χ4n) is 2.85. The van der Waals surface area contributed by atoms with Crippen molar-refractivity contribution in [3.8, 4) is 0 Å². The Morgan fingerprint density at radius 2 is 2.33 bits per heavy atom. The summed E-state index contributed by atoms with van der Waals surface area (Å²) in [7, 11) is 0. The summed E-state index contributed by atoms with van der Waals surface area (Å²) in [5.41, 5.74) is 3.44. The molecule has 96 valence electrons. The Bertz CT molecular complexity index is 585. The molecule has 1 aliphatic rings. The first kappa shape index (κ1) is 12.0. The topological polar surface area (TPSA) is 27.1 Å². The average molecular weight is 265 g/mol. The first-order chi connectivity index (χ1) is 8.65. The van der Waals surface area contributed by atoms with Crippen LogP contribution in [0, 0.1) is 6.92 Å². The van der Waals surface area contributed by atoms with Crippen molar-refractivity contribution in [2.45, 2.75) is 31.7 Å². The molecule has 0 bridgehead atoms. The zero-order valence-electron chi connectivity index (χ0n) is 10.7. The van der Waals surface area contributed by atoms with Crippen molar-refractivity contribution in [1.82, 2.24) is 9.55 Å². The van der Waals surface area contributed by atoms with Gasteiger partial charge in [0.2, 0.25) is 0 Å². The number of rotatable bonds is 2. The molecule has 0 N–H and O–H groups in total. The molecule has 0 spiro atoms. The van der Waals surface area contributed by atoms with Crippen molar-refractivity contribution in [2.24, 2.45) is 0 Å². The monoisotopic (exact) mass is 264 g/mol. The van der Waals surface area contributed by atoms with E-state index in [-0.39, 0.29) is 5.54 Å². The van der Waals surface area contributed by atoms with Gasteiger partial charge in [0.25, 0.3) is 0 Å². The number of hydrogen-bond donors (Lipinski definition) is 0. The fraction of sp³-hybridized carbons (Fsp3) is 0.500. The Kier molecular flexibility index (Phi) is 2.83. The predicted octanol–water partition coefficient (Wildman–Crippen LogP) is 3.22. The Labute approximate surface area is 112 Å². The predicted molar refractivity (Wildman–Crippen MR) is 73.1 cm³/mol. The lowest BCUT2D eigenvalue weighted by atomic mass is 10.0. The molecule has 2 heterocycles. The second-order valence-corrected chi connectivity index (χ2v) is 5.51. The van der Waals surface area contributed by atoms with E-state index in [0.717, 1.165) is 31.0 Å². The molecule has 0 saturated carbocycles. The van der Waals surface area contributed by atoms with Crippen LogP contribution >= 0.6 is 11.6 Å². The van der Waals surface area contributed by atoms with E-state index in [0.29, 0.717) is 5.88 Å². The molecule has 4 heteroatoms. The van der Waals surface area contributed by atoms with Crippen molar-refractivity contribution in [3.63, 3.8) is 0 Å². The number of nitrogens with zero attached hydrogens (tertiary/aromatic N) is 2. The molecule has 0 radical (unpaired) electrons. The molecule has 3 rings (SSSR count). The normalized spacial score (nSPS) is 23.9. The van der Waals surface area contributed by atoms with Gasteiger partial charge in [-0.05, 0) is 31.9 Å². The molecule has 1 aromatic carbocycles. The average Bonchev–Trinajstić information content (AvgIpc) is 2.94. The Balaban J connectivity index is 2.31. The minimum absolute atomic E-state index is 0.0227. The lowest BCUT2D eigenvalue weighted by Crippen LogP contribution is -2.32. The van der Waals surface area contributed by atoms with Gasteiger partial charge in [0.05, 0.1) is 29.1 Å². The van der Waals surface area contributed by atoms with Crippen LogP contribution in [0.15, 0.2) is 18.2 Å². The first-order valence-electron chi connectivity index (χ1n) is 6.27. The zero-order chi connectivity index (χ0) is 12.8. The molecule has 1 atom stereocenters. The number of aromatic nitrogens is 2. The summed E-state index contributed by atoms with van der Waals surface area (Å²) in [5.74, 6) is 1.37. The van der Waals surface area contributed by atoms with E-state index < -0.39 is 0 Å². The first-order valence-corrected chi connectivity index (χ1v) is 6.80. The van der Waals surface area contributed by atoms with Gasteiger partial charge in [-0.15, -0.1) is 11.6 Å². The molecule has 1 aromatic heterocycles. The van der Waals surface area contributed by atoms with Crippen LogP contribution in [-0.2, 0) is 16.2 Å². The van der Waals surface area contributed by atoms with Gasteiger partial charge in [-0.25, -0.2) is 4.98 Å². The maximum Gasteiger partial charge on any atom is 0.125 e. The van der Waals surface area contributed by atoms with Crippen molar-refractivity contribution in [2.75, 3.05) is 13.2 Å². The van der Waals surface area contributed by atoms with Crippen LogP contribution in [0.1, 0.15) is 24.7 Å². The van der Waals surface area contributed by atoms with Crippen molar-refractivity contribution in [3.05, 3.63) is 29.6 Å². The number of alkyl halides is 1. The third-order valence-corrected chi connectivity index (χ3v) is 4.04. The van der Waals surface area contributed by atoms with Gasteiger partial charge < -0.3 is 9.30 Å².